The zero-order valence-electron chi connectivity index (χ0n) is 17.5. The minimum atomic E-state index is -1.55. The minimum absolute atomic E-state index is 0.127. The predicted octanol–water partition coefficient (Wildman–Crippen LogP) is 2.70. The van der Waals surface area contributed by atoms with Crippen molar-refractivity contribution in [3.8, 4) is 0 Å². The molecule has 1 aliphatic rings. The molecule has 0 N–H and O–H groups in total. The maximum absolute atomic E-state index is 15.5. The third-order valence-electron chi connectivity index (χ3n) is 6.01. The van der Waals surface area contributed by atoms with Crippen LogP contribution in [0, 0.1) is 6.92 Å². The highest BCUT2D eigenvalue weighted by molar-refractivity contribution is 6.30. The second-order valence-electron chi connectivity index (χ2n) is 8.00. The van der Waals surface area contributed by atoms with Crippen LogP contribution in [0.4, 0.5) is 4.39 Å². The highest BCUT2D eigenvalue weighted by atomic mass is 35.5. The Balaban J connectivity index is 1.64. The van der Waals surface area contributed by atoms with Crippen LogP contribution in [0.2, 0.25) is 5.02 Å². The zero-order valence-corrected chi connectivity index (χ0v) is 18.2. The van der Waals surface area contributed by atoms with Gasteiger partial charge in [-0.2, -0.15) is 0 Å². The van der Waals surface area contributed by atoms with E-state index in [2.05, 4.69) is 4.98 Å². The van der Waals surface area contributed by atoms with E-state index in [0.717, 1.165) is 4.57 Å². The van der Waals surface area contributed by atoms with Crippen molar-refractivity contribution >= 4 is 28.5 Å². The van der Waals surface area contributed by atoms with Crippen molar-refractivity contribution in [2.45, 2.75) is 25.4 Å². The summed E-state index contributed by atoms with van der Waals surface area (Å²) in [6.45, 7) is 2.14. The Hall–Kier alpha value is -3.00. The molecule has 4 rings (SSSR count). The Morgan fingerprint density at radius 3 is 2.45 bits per heavy atom. The second-order valence-corrected chi connectivity index (χ2v) is 8.43. The topological polar surface area (TPSA) is 77.2 Å². The minimum Gasteiger partial charge on any atom is -0.337 e. The summed E-state index contributed by atoms with van der Waals surface area (Å²) in [5.74, 6) is -0.355. The van der Waals surface area contributed by atoms with E-state index in [9.17, 15) is 14.4 Å². The van der Waals surface area contributed by atoms with E-state index < -0.39 is 16.9 Å². The molecule has 1 amide bonds. The van der Waals surface area contributed by atoms with Crippen LogP contribution >= 0.6 is 11.6 Å². The van der Waals surface area contributed by atoms with Crippen LogP contribution < -0.4 is 11.2 Å². The number of aromatic nitrogens is 3. The molecular weight excluding hydrogens is 423 g/mol. The first-order valence-electron chi connectivity index (χ1n) is 9.94. The number of piperidine rings is 1. The van der Waals surface area contributed by atoms with Gasteiger partial charge < -0.3 is 4.90 Å². The quantitative estimate of drug-likeness (QED) is 0.609. The molecule has 1 aliphatic heterocycles. The average Bonchev–Trinajstić information content (AvgIpc) is 2.75. The molecule has 0 saturated carbocycles. The van der Waals surface area contributed by atoms with E-state index in [1.165, 1.54) is 18.7 Å². The highest BCUT2D eigenvalue weighted by Gasteiger charge is 2.38. The van der Waals surface area contributed by atoms with Crippen LogP contribution in [0.15, 0.2) is 39.9 Å². The summed E-state index contributed by atoms with van der Waals surface area (Å²) in [7, 11) is 2.91. The zero-order chi connectivity index (χ0) is 22.5. The predicted molar refractivity (Wildman–Crippen MR) is 116 cm³/mol. The molecular formula is C22H22ClFN4O3. The molecule has 0 spiro atoms. The van der Waals surface area contributed by atoms with Crippen molar-refractivity contribution in [2.24, 2.45) is 14.1 Å². The van der Waals surface area contributed by atoms with Crippen LogP contribution in [-0.4, -0.2) is 38.0 Å². The van der Waals surface area contributed by atoms with Gasteiger partial charge in [0.15, 0.2) is 0 Å². The monoisotopic (exact) mass is 444 g/mol. The Kier molecular flexibility index (Phi) is 5.21. The van der Waals surface area contributed by atoms with Gasteiger partial charge in [-0.15, -0.1) is 0 Å². The lowest BCUT2D eigenvalue weighted by molar-refractivity contribution is 0.0417. The Morgan fingerprint density at radius 1 is 1.13 bits per heavy atom. The number of hydrogen-bond donors (Lipinski definition) is 0. The molecule has 1 aromatic carbocycles. The molecule has 2 aromatic heterocycles. The van der Waals surface area contributed by atoms with E-state index in [-0.39, 0.29) is 43.2 Å². The molecule has 0 radical (unpaired) electrons. The van der Waals surface area contributed by atoms with Crippen molar-refractivity contribution in [3.63, 3.8) is 0 Å². The number of nitrogens with zero attached hydrogens (tertiary/aromatic N) is 4. The van der Waals surface area contributed by atoms with E-state index in [4.69, 9.17) is 11.6 Å². The van der Waals surface area contributed by atoms with Crippen molar-refractivity contribution in [1.29, 1.82) is 0 Å². The normalized spacial score (nSPS) is 16.0. The van der Waals surface area contributed by atoms with Gasteiger partial charge in [-0.05, 0) is 36.2 Å². The Bertz CT molecular complexity index is 1320. The third-order valence-corrected chi connectivity index (χ3v) is 6.25. The summed E-state index contributed by atoms with van der Waals surface area (Å²) in [6, 6.07) is 8.28. The van der Waals surface area contributed by atoms with Gasteiger partial charge in [-0.25, -0.2) is 14.2 Å². The molecule has 9 heteroatoms. The Morgan fingerprint density at radius 2 is 1.81 bits per heavy atom. The lowest BCUT2D eigenvalue weighted by Crippen LogP contribution is -2.44. The molecule has 0 atom stereocenters. The van der Waals surface area contributed by atoms with Gasteiger partial charge in [0.25, 0.3) is 11.5 Å². The van der Waals surface area contributed by atoms with Crippen LogP contribution in [-0.2, 0) is 19.8 Å². The number of rotatable bonds is 2. The number of carbonyl (C=O) groups is 1. The van der Waals surface area contributed by atoms with Crippen LogP contribution in [0.1, 0.15) is 34.5 Å². The number of benzene rings is 1. The lowest BCUT2D eigenvalue weighted by atomic mass is 9.86. The molecule has 1 saturated heterocycles. The number of amides is 1. The van der Waals surface area contributed by atoms with Gasteiger partial charge >= 0.3 is 5.69 Å². The lowest BCUT2D eigenvalue weighted by Gasteiger charge is -2.36. The molecule has 0 unspecified atom stereocenters. The second kappa shape index (κ2) is 7.60. The maximum atomic E-state index is 15.5. The number of alkyl halides is 1. The fraction of sp³-hybridized carbons (Fsp3) is 0.364. The van der Waals surface area contributed by atoms with Gasteiger partial charge in [0.2, 0.25) is 0 Å². The van der Waals surface area contributed by atoms with Gasteiger partial charge in [-0.3, -0.25) is 18.7 Å². The van der Waals surface area contributed by atoms with E-state index >= 15 is 4.39 Å². The number of halogens is 2. The van der Waals surface area contributed by atoms with Gasteiger partial charge in [0.1, 0.15) is 17.0 Å². The van der Waals surface area contributed by atoms with E-state index in [1.54, 1.807) is 42.2 Å². The van der Waals surface area contributed by atoms with Gasteiger partial charge in [0, 0.05) is 45.0 Å². The summed E-state index contributed by atoms with van der Waals surface area (Å²) in [5, 5.41) is 0.768. The van der Waals surface area contributed by atoms with Crippen molar-refractivity contribution in [3.05, 3.63) is 73.0 Å². The van der Waals surface area contributed by atoms with Crippen LogP contribution in [0.25, 0.3) is 11.0 Å². The smallest absolute Gasteiger partial charge is 0.332 e. The summed E-state index contributed by atoms with van der Waals surface area (Å²) in [6.07, 6.45) is 0.287. The molecule has 0 aliphatic carbocycles. The molecule has 31 heavy (non-hydrogen) atoms. The van der Waals surface area contributed by atoms with E-state index in [1.807, 2.05) is 0 Å². The summed E-state index contributed by atoms with van der Waals surface area (Å²) in [4.78, 5) is 43.7. The third kappa shape index (κ3) is 3.54. The van der Waals surface area contributed by atoms with Crippen molar-refractivity contribution in [2.75, 3.05) is 13.1 Å². The SMILES string of the molecule is Cc1cc(C(=O)N2CCC(F)(c3cccc(Cl)c3)CC2)nc2c1c(=O)n(C)c(=O)n2C. The molecule has 0 bridgehead atoms. The van der Waals surface area contributed by atoms with Crippen LogP contribution in [0.3, 0.4) is 0 Å². The molecule has 1 fully saturated rings. The summed E-state index contributed by atoms with van der Waals surface area (Å²) >= 11 is 6.00. The molecule has 7 nitrogen and oxygen atoms in total. The van der Waals surface area contributed by atoms with E-state index in [0.29, 0.717) is 21.5 Å². The summed E-state index contributed by atoms with van der Waals surface area (Å²) < 4.78 is 17.8. The first-order chi connectivity index (χ1) is 14.6. The number of pyridine rings is 1. The maximum Gasteiger partial charge on any atom is 0.332 e. The Labute approximate surface area is 182 Å². The largest absolute Gasteiger partial charge is 0.337 e. The molecule has 162 valence electrons. The molecule has 3 aromatic rings. The average molecular weight is 445 g/mol. The number of fused-ring (bicyclic) bond motifs is 1. The molecule has 3 heterocycles. The number of likely N-dealkylation sites (tertiary alicyclic amines) is 1. The summed E-state index contributed by atoms with van der Waals surface area (Å²) in [5.41, 5.74) is -1.17. The highest BCUT2D eigenvalue weighted by Crippen LogP contribution is 2.38. The van der Waals surface area contributed by atoms with Crippen molar-refractivity contribution in [1.82, 2.24) is 19.0 Å². The number of hydrogen-bond acceptors (Lipinski definition) is 4. The first-order valence-corrected chi connectivity index (χ1v) is 10.3. The van der Waals surface area contributed by atoms with Gasteiger partial charge in [-0.1, -0.05) is 23.7 Å². The van der Waals surface area contributed by atoms with Crippen molar-refractivity contribution < 1.29 is 9.18 Å². The fourth-order valence-electron chi connectivity index (χ4n) is 4.12. The number of aryl methyl sites for hydroxylation is 2. The first kappa shape index (κ1) is 21.2. The fourth-order valence-corrected chi connectivity index (χ4v) is 4.31. The van der Waals surface area contributed by atoms with Crippen LogP contribution in [0.5, 0.6) is 0 Å². The van der Waals surface area contributed by atoms with Gasteiger partial charge in [0.05, 0.1) is 5.39 Å². The number of carbonyl (C=O) groups excluding carboxylic acids is 1. The standard InChI is InChI=1S/C22H22ClFN4O3/c1-13-11-16(25-18-17(13)20(30)27(3)21(31)26(18)2)19(29)28-9-7-22(24,8-10-28)14-5-4-6-15(23)12-14/h4-6,11-12H,7-10H2,1-3H3.